The highest BCUT2D eigenvalue weighted by Crippen LogP contribution is 2.07. The first-order valence-electron chi connectivity index (χ1n) is 5.98. The second-order valence-electron chi connectivity index (χ2n) is 4.15. The molecule has 0 bridgehead atoms. The lowest BCUT2D eigenvalue weighted by Crippen LogP contribution is -2.23. The van der Waals surface area contributed by atoms with E-state index in [0.717, 1.165) is 26.1 Å². The first kappa shape index (κ1) is 12.2. The molecule has 0 aliphatic carbocycles. The monoisotopic (exact) mass is 209 g/mol. The number of rotatable bonds is 7. The van der Waals surface area contributed by atoms with Crippen LogP contribution in [0.5, 0.6) is 0 Å². The van der Waals surface area contributed by atoms with Crippen LogP contribution in [-0.4, -0.2) is 22.6 Å². The van der Waals surface area contributed by atoms with Gasteiger partial charge in [-0.15, -0.1) is 0 Å². The average Bonchev–Trinajstić information content (AvgIpc) is 2.63. The van der Waals surface area contributed by atoms with Crippen LogP contribution < -0.4 is 5.32 Å². The molecule has 0 fully saturated rings. The molecule has 0 saturated carbocycles. The van der Waals surface area contributed by atoms with E-state index in [0.29, 0.717) is 5.92 Å². The van der Waals surface area contributed by atoms with Crippen LogP contribution in [0.15, 0.2) is 12.4 Å². The Balaban J connectivity index is 2.44. The molecule has 1 heterocycles. The summed E-state index contributed by atoms with van der Waals surface area (Å²) in [5.74, 6) is 1.88. The second kappa shape index (κ2) is 6.62. The van der Waals surface area contributed by atoms with Gasteiger partial charge in [0, 0.05) is 25.4 Å². The lowest BCUT2D eigenvalue weighted by Gasteiger charge is -2.12. The molecule has 1 unspecified atom stereocenters. The van der Waals surface area contributed by atoms with E-state index in [1.807, 2.05) is 6.20 Å². The van der Waals surface area contributed by atoms with Crippen molar-refractivity contribution in [2.75, 3.05) is 13.1 Å². The highest BCUT2D eigenvalue weighted by atomic mass is 15.1. The fraction of sp³-hybridized carbons (Fsp3) is 0.750. The van der Waals surface area contributed by atoms with E-state index < -0.39 is 0 Å². The number of nitrogens with one attached hydrogen (secondary N) is 1. The third-order valence-electron chi connectivity index (χ3n) is 2.54. The topological polar surface area (TPSA) is 29.9 Å². The van der Waals surface area contributed by atoms with Gasteiger partial charge >= 0.3 is 0 Å². The van der Waals surface area contributed by atoms with Crippen molar-refractivity contribution in [3.8, 4) is 0 Å². The maximum Gasteiger partial charge on any atom is 0.108 e. The maximum absolute atomic E-state index is 4.42. The first-order chi connectivity index (χ1) is 7.27. The van der Waals surface area contributed by atoms with Gasteiger partial charge in [0.15, 0.2) is 0 Å². The molecule has 0 radical (unpaired) electrons. The van der Waals surface area contributed by atoms with Crippen molar-refractivity contribution in [2.45, 2.75) is 40.2 Å². The van der Waals surface area contributed by atoms with E-state index in [9.17, 15) is 0 Å². The van der Waals surface area contributed by atoms with Crippen molar-refractivity contribution < 1.29 is 0 Å². The van der Waals surface area contributed by atoms with Crippen molar-refractivity contribution in [3.05, 3.63) is 18.2 Å². The molecule has 1 aromatic heterocycles. The fourth-order valence-electron chi connectivity index (χ4n) is 1.75. The molecule has 0 spiro atoms. The van der Waals surface area contributed by atoms with Gasteiger partial charge in [0.05, 0.1) is 0 Å². The van der Waals surface area contributed by atoms with Gasteiger partial charge in [-0.25, -0.2) is 4.98 Å². The molecular formula is C12H23N3. The standard InChI is InChI=1S/C12H23N3/c1-4-7-15-8-6-14-12(15)9-11(3)10-13-5-2/h6,8,11,13H,4-5,7,9-10H2,1-3H3. The summed E-state index contributed by atoms with van der Waals surface area (Å²) in [4.78, 5) is 4.42. The van der Waals surface area contributed by atoms with Crippen LogP contribution in [0, 0.1) is 5.92 Å². The summed E-state index contributed by atoms with van der Waals surface area (Å²) in [6.07, 6.45) is 6.23. The van der Waals surface area contributed by atoms with Gasteiger partial charge in [0.1, 0.15) is 5.82 Å². The molecule has 3 heteroatoms. The van der Waals surface area contributed by atoms with Crippen molar-refractivity contribution in [1.82, 2.24) is 14.9 Å². The Hall–Kier alpha value is -0.830. The zero-order chi connectivity index (χ0) is 11.1. The third kappa shape index (κ3) is 4.04. The normalized spacial score (nSPS) is 13.0. The van der Waals surface area contributed by atoms with Gasteiger partial charge in [0.25, 0.3) is 0 Å². The Morgan fingerprint density at radius 2 is 2.27 bits per heavy atom. The van der Waals surface area contributed by atoms with E-state index in [1.165, 1.54) is 12.2 Å². The summed E-state index contributed by atoms with van der Waals surface area (Å²) < 4.78 is 2.27. The molecule has 0 aliphatic rings. The average molecular weight is 209 g/mol. The second-order valence-corrected chi connectivity index (χ2v) is 4.15. The lowest BCUT2D eigenvalue weighted by molar-refractivity contribution is 0.493. The molecule has 0 saturated heterocycles. The van der Waals surface area contributed by atoms with Gasteiger partial charge in [-0.2, -0.15) is 0 Å². The summed E-state index contributed by atoms with van der Waals surface area (Å²) in [6.45, 7) is 9.83. The smallest absolute Gasteiger partial charge is 0.108 e. The molecule has 86 valence electrons. The minimum atomic E-state index is 0.656. The molecule has 1 atom stereocenters. The Bertz CT molecular complexity index is 268. The molecule has 1 N–H and O–H groups in total. The quantitative estimate of drug-likeness (QED) is 0.745. The Morgan fingerprint density at radius 3 is 2.93 bits per heavy atom. The van der Waals surface area contributed by atoms with Crippen LogP contribution in [0.1, 0.15) is 33.0 Å². The SMILES string of the molecule is CCCn1ccnc1CC(C)CNCC. The van der Waals surface area contributed by atoms with Crippen LogP contribution in [0.3, 0.4) is 0 Å². The van der Waals surface area contributed by atoms with E-state index in [2.05, 4.69) is 41.8 Å². The van der Waals surface area contributed by atoms with Crippen LogP contribution in [0.4, 0.5) is 0 Å². The molecule has 1 aromatic rings. The van der Waals surface area contributed by atoms with E-state index >= 15 is 0 Å². The predicted octanol–water partition coefficient (Wildman–Crippen LogP) is 2.08. The van der Waals surface area contributed by atoms with E-state index in [-0.39, 0.29) is 0 Å². The number of aromatic nitrogens is 2. The van der Waals surface area contributed by atoms with Crippen molar-refractivity contribution >= 4 is 0 Å². The number of aryl methyl sites for hydroxylation is 1. The fourth-order valence-corrected chi connectivity index (χ4v) is 1.75. The maximum atomic E-state index is 4.42. The highest BCUT2D eigenvalue weighted by Gasteiger charge is 2.07. The lowest BCUT2D eigenvalue weighted by atomic mass is 10.1. The van der Waals surface area contributed by atoms with Crippen LogP contribution in [0.2, 0.25) is 0 Å². The summed E-state index contributed by atoms with van der Waals surface area (Å²) in [5.41, 5.74) is 0. The van der Waals surface area contributed by atoms with Crippen LogP contribution in [-0.2, 0) is 13.0 Å². The number of hydrogen-bond acceptors (Lipinski definition) is 2. The summed E-state index contributed by atoms with van der Waals surface area (Å²) in [5, 5.41) is 3.37. The van der Waals surface area contributed by atoms with Crippen molar-refractivity contribution in [1.29, 1.82) is 0 Å². The molecular weight excluding hydrogens is 186 g/mol. The molecule has 15 heavy (non-hydrogen) atoms. The molecule has 3 nitrogen and oxygen atoms in total. The molecule has 1 rings (SSSR count). The van der Waals surface area contributed by atoms with Gasteiger partial charge in [-0.05, 0) is 25.4 Å². The van der Waals surface area contributed by atoms with Crippen molar-refractivity contribution in [2.24, 2.45) is 5.92 Å². The van der Waals surface area contributed by atoms with Gasteiger partial charge in [-0.1, -0.05) is 20.8 Å². The number of hydrogen-bond donors (Lipinski definition) is 1. The first-order valence-corrected chi connectivity index (χ1v) is 5.98. The minimum absolute atomic E-state index is 0.656. The largest absolute Gasteiger partial charge is 0.335 e. The van der Waals surface area contributed by atoms with Crippen molar-refractivity contribution in [3.63, 3.8) is 0 Å². The third-order valence-corrected chi connectivity index (χ3v) is 2.54. The van der Waals surface area contributed by atoms with Gasteiger partial charge in [-0.3, -0.25) is 0 Å². The number of imidazole rings is 1. The predicted molar refractivity (Wildman–Crippen MR) is 63.9 cm³/mol. The zero-order valence-electron chi connectivity index (χ0n) is 10.2. The molecule has 0 aromatic carbocycles. The van der Waals surface area contributed by atoms with Gasteiger partial charge < -0.3 is 9.88 Å². The van der Waals surface area contributed by atoms with Gasteiger partial charge in [0.2, 0.25) is 0 Å². The van der Waals surface area contributed by atoms with E-state index in [4.69, 9.17) is 0 Å². The summed E-state index contributed by atoms with van der Waals surface area (Å²) in [6, 6.07) is 0. The zero-order valence-corrected chi connectivity index (χ0v) is 10.2. The molecule has 0 amide bonds. The molecule has 0 aliphatic heterocycles. The highest BCUT2D eigenvalue weighted by molar-refractivity contribution is 4.93. The Labute approximate surface area is 92.9 Å². The van der Waals surface area contributed by atoms with Crippen LogP contribution in [0.25, 0.3) is 0 Å². The summed E-state index contributed by atoms with van der Waals surface area (Å²) >= 11 is 0. The Morgan fingerprint density at radius 1 is 1.47 bits per heavy atom. The van der Waals surface area contributed by atoms with Crippen LogP contribution >= 0.6 is 0 Å². The Kier molecular flexibility index (Phi) is 5.40. The summed E-state index contributed by atoms with van der Waals surface area (Å²) in [7, 11) is 0. The number of nitrogens with zero attached hydrogens (tertiary/aromatic N) is 2. The minimum Gasteiger partial charge on any atom is -0.335 e. The van der Waals surface area contributed by atoms with E-state index in [1.54, 1.807) is 0 Å².